The fourth-order valence-electron chi connectivity index (χ4n) is 2.12. The molecule has 2 aromatic heterocycles. The number of aryl methyl sites for hydroxylation is 1. The highest BCUT2D eigenvalue weighted by Crippen LogP contribution is 2.16. The molecule has 1 aromatic carbocycles. The van der Waals surface area contributed by atoms with Gasteiger partial charge in [-0.2, -0.15) is 8.75 Å². The summed E-state index contributed by atoms with van der Waals surface area (Å²) in [7, 11) is 1.59. The van der Waals surface area contributed by atoms with Crippen molar-refractivity contribution in [1.82, 2.24) is 23.7 Å². The molecule has 3 rings (SSSR count). The van der Waals surface area contributed by atoms with Crippen molar-refractivity contribution in [1.29, 1.82) is 0 Å². The molecule has 2 heterocycles. The number of aromatic nitrogens is 5. The summed E-state index contributed by atoms with van der Waals surface area (Å²) in [5.74, 6) is 0.416. The van der Waals surface area contributed by atoms with E-state index in [1.54, 1.807) is 43.0 Å². The minimum atomic E-state index is -0.308. The number of carbonyl (C=O) groups is 1. The van der Waals surface area contributed by atoms with Gasteiger partial charge in [-0.05, 0) is 38.1 Å². The summed E-state index contributed by atoms with van der Waals surface area (Å²) in [5.41, 5.74) is 3.31. The SMILES string of the molecule is COc1ccc(NC(=O)c2nnn(Cc3nsnc3C)c2C)cc1. The molecule has 3 aromatic rings. The lowest BCUT2D eigenvalue weighted by molar-refractivity contribution is 0.102. The van der Waals surface area contributed by atoms with E-state index >= 15 is 0 Å². The van der Waals surface area contributed by atoms with Gasteiger partial charge < -0.3 is 10.1 Å². The fraction of sp³-hybridized carbons (Fsp3) is 0.267. The average Bonchev–Trinajstić information content (AvgIpc) is 3.15. The lowest BCUT2D eigenvalue weighted by Crippen LogP contribution is -2.14. The van der Waals surface area contributed by atoms with E-state index in [9.17, 15) is 4.79 Å². The Hall–Kier alpha value is -2.81. The van der Waals surface area contributed by atoms with Gasteiger partial charge in [-0.15, -0.1) is 5.10 Å². The van der Waals surface area contributed by atoms with Crippen LogP contribution in [0.1, 0.15) is 27.6 Å². The van der Waals surface area contributed by atoms with Crippen LogP contribution in [0, 0.1) is 13.8 Å². The lowest BCUT2D eigenvalue weighted by Gasteiger charge is -2.05. The van der Waals surface area contributed by atoms with Crippen molar-refractivity contribution in [2.75, 3.05) is 12.4 Å². The van der Waals surface area contributed by atoms with Crippen LogP contribution in [0.5, 0.6) is 5.75 Å². The quantitative estimate of drug-likeness (QED) is 0.761. The maximum absolute atomic E-state index is 12.4. The molecule has 0 bridgehead atoms. The van der Waals surface area contributed by atoms with Gasteiger partial charge in [0.2, 0.25) is 0 Å². The Morgan fingerprint density at radius 1 is 1.25 bits per heavy atom. The molecule has 1 N–H and O–H groups in total. The first kappa shape index (κ1) is 16.1. The summed E-state index contributed by atoms with van der Waals surface area (Å²) in [6, 6.07) is 7.08. The standard InChI is InChI=1S/C15H16N6O2S/c1-9-13(19-24-18-9)8-21-10(2)14(17-20-21)15(22)16-11-4-6-12(23-3)7-5-11/h4-7H,8H2,1-3H3,(H,16,22). The third kappa shape index (κ3) is 3.25. The van der Waals surface area contributed by atoms with E-state index in [4.69, 9.17) is 4.74 Å². The minimum Gasteiger partial charge on any atom is -0.497 e. The number of methoxy groups -OCH3 is 1. The zero-order chi connectivity index (χ0) is 17.1. The third-order valence-electron chi connectivity index (χ3n) is 3.59. The second-order valence-corrected chi connectivity index (χ2v) is 5.69. The number of ether oxygens (including phenoxy) is 1. The van der Waals surface area contributed by atoms with Crippen LogP contribution in [0.25, 0.3) is 0 Å². The number of amides is 1. The Balaban J connectivity index is 1.74. The van der Waals surface area contributed by atoms with Gasteiger partial charge in [-0.3, -0.25) is 4.79 Å². The Kier molecular flexibility index (Phi) is 4.52. The van der Waals surface area contributed by atoms with Crippen molar-refractivity contribution in [3.63, 3.8) is 0 Å². The van der Waals surface area contributed by atoms with Crippen molar-refractivity contribution in [2.24, 2.45) is 0 Å². The summed E-state index contributed by atoms with van der Waals surface area (Å²) >= 11 is 1.16. The van der Waals surface area contributed by atoms with Crippen molar-refractivity contribution < 1.29 is 9.53 Å². The number of anilines is 1. The number of nitrogens with zero attached hydrogens (tertiary/aromatic N) is 5. The van der Waals surface area contributed by atoms with Gasteiger partial charge in [0.1, 0.15) is 5.75 Å². The van der Waals surface area contributed by atoms with Gasteiger partial charge >= 0.3 is 0 Å². The zero-order valence-corrected chi connectivity index (χ0v) is 14.3. The van der Waals surface area contributed by atoms with Gasteiger partial charge in [0.15, 0.2) is 5.69 Å². The van der Waals surface area contributed by atoms with Crippen molar-refractivity contribution in [3.05, 3.63) is 47.0 Å². The first-order chi connectivity index (χ1) is 11.6. The van der Waals surface area contributed by atoms with E-state index in [-0.39, 0.29) is 11.6 Å². The van der Waals surface area contributed by atoms with Crippen LogP contribution in [0.4, 0.5) is 5.69 Å². The third-order valence-corrected chi connectivity index (χ3v) is 4.25. The van der Waals surface area contributed by atoms with Crippen LogP contribution in [-0.4, -0.2) is 36.8 Å². The van der Waals surface area contributed by atoms with E-state index < -0.39 is 0 Å². The summed E-state index contributed by atoms with van der Waals surface area (Å²) in [6.07, 6.45) is 0. The molecule has 124 valence electrons. The first-order valence-corrected chi connectivity index (χ1v) is 7.95. The summed E-state index contributed by atoms with van der Waals surface area (Å²) in [6.45, 7) is 4.14. The monoisotopic (exact) mass is 344 g/mol. The van der Waals surface area contributed by atoms with Crippen LogP contribution in [0.2, 0.25) is 0 Å². The van der Waals surface area contributed by atoms with E-state index in [1.165, 1.54) is 0 Å². The summed E-state index contributed by atoms with van der Waals surface area (Å²) < 4.78 is 15.1. The number of carbonyl (C=O) groups excluding carboxylic acids is 1. The summed E-state index contributed by atoms with van der Waals surface area (Å²) in [5, 5.41) is 10.8. The highest BCUT2D eigenvalue weighted by atomic mass is 32.1. The number of rotatable bonds is 5. The van der Waals surface area contributed by atoms with Crippen LogP contribution in [0.15, 0.2) is 24.3 Å². The molecular formula is C15H16N6O2S. The molecule has 9 heteroatoms. The van der Waals surface area contributed by atoms with E-state index in [1.807, 2.05) is 6.92 Å². The van der Waals surface area contributed by atoms with Crippen LogP contribution in [-0.2, 0) is 6.54 Å². The lowest BCUT2D eigenvalue weighted by atomic mass is 10.2. The van der Waals surface area contributed by atoms with Crippen LogP contribution < -0.4 is 10.1 Å². The molecule has 24 heavy (non-hydrogen) atoms. The first-order valence-electron chi connectivity index (χ1n) is 7.22. The Morgan fingerprint density at radius 3 is 2.62 bits per heavy atom. The molecule has 0 fully saturated rings. The van der Waals surface area contributed by atoms with Crippen molar-refractivity contribution in [2.45, 2.75) is 20.4 Å². The molecule has 0 aliphatic carbocycles. The molecule has 0 radical (unpaired) electrons. The molecule has 0 aliphatic heterocycles. The molecule has 0 aliphatic rings. The fourth-order valence-corrected chi connectivity index (χ4v) is 2.68. The molecule has 0 unspecified atom stereocenters. The highest BCUT2D eigenvalue weighted by molar-refractivity contribution is 6.99. The second-order valence-electron chi connectivity index (χ2n) is 5.16. The Bertz CT molecular complexity index is 855. The zero-order valence-electron chi connectivity index (χ0n) is 13.5. The van der Waals surface area contributed by atoms with Gasteiger partial charge in [-0.1, -0.05) is 5.21 Å². The molecular weight excluding hydrogens is 328 g/mol. The molecule has 1 amide bonds. The normalized spacial score (nSPS) is 10.6. The van der Waals surface area contributed by atoms with Crippen LogP contribution in [0.3, 0.4) is 0 Å². The number of nitrogens with one attached hydrogen (secondary N) is 1. The highest BCUT2D eigenvalue weighted by Gasteiger charge is 2.18. The molecule has 0 saturated heterocycles. The molecule has 8 nitrogen and oxygen atoms in total. The topological polar surface area (TPSA) is 94.8 Å². The van der Waals surface area contributed by atoms with Gasteiger partial charge in [0.05, 0.1) is 42.5 Å². The number of hydrogen-bond donors (Lipinski definition) is 1. The molecule has 0 saturated carbocycles. The summed E-state index contributed by atoms with van der Waals surface area (Å²) in [4.78, 5) is 12.4. The molecule has 0 atom stereocenters. The number of benzene rings is 1. The van der Waals surface area contributed by atoms with Gasteiger partial charge in [0, 0.05) is 5.69 Å². The van der Waals surface area contributed by atoms with E-state index in [0.29, 0.717) is 17.9 Å². The Morgan fingerprint density at radius 2 is 2.00 bits per heavy atom. The predicted octanol–water partition coefficient (Wildman–Crippen LogP) is 2.06. The minimum absolute atomic E-state index is 0.284. The van der Waals surface area contributed by atoms with Crippen LogP contribution >= 0.6 is 11.7 Å². The van der Waals surface area contributed by atoms with E-state index in [0.717, 1.165) is 28.9 Å². The second kappa shape index (κ2) is 6.75. The average molecular weight is 344 g/mol. The van der Waals surface area contributed by atoms with Gasteiger partial charge in [0.25, 0.3) is 5.91 Å². The largest absolute Gasteiger partial charge is 0.497 e. The predicted molar refractivity (Wildman–Crippen MR) is 89.5 cm³/mol. The molecule has 0 spiro atoms. The van der Waals surface area contributed by atoms with Crippen molar-refractivity contribution >= 4 is 23.3 Å². The Labute approximate surface area is 142 Å². The van der Waals surface area contributed by atoms with Gasteiger partial charge in [-0.25, -0.2) is 4.68 Å². The smallest absolute Gasteiger partial charge is 0.278 e. The maximum atomic E-state index is 12.4. The van der Waals surface area contributed by atoms with E-state index in [2.05, 4.69) is 24.4 Å². The number of hydrogen-bond acceptors (Lipinski definition) is 7. The maximum Gasteiger partial charge on any atom is 0.278 e. The van der Waals surface area contributed by atoms with Crippen molar-refractivity contribution in [3.8, 4) is 5.75 Å².